The van der Waals surface area contributed by atoms with Gasteiger partial charge in [0.25, 0.3) is 0 Å². The van der Waals surface area contributed by atoms with E-state index in [1.165, 1.54) is 43.0 Å². The Kier molecular flexibility index (Phi) is 5.81. The molecule has 0 fully saturated rings. The summed E-state index contributed by atoms with van der Waals surface area (Å²) in [6.07, 6.45) is 6.22. The smallest absolute Gasteiger partial charge is 0.0476 e. The van der Waals surface area contributed by atoms with Gasteiger partial charge < -0.3 is 10.3 Å². The number of fused-ring (bicyclic) bond motifs is 4. The molecule has 2 N–H and O–H groups in total. The lowest BCUT2D eigenvalue weighted by Gasteiger charge is -2.39. The Balaban J connectivity index is 1.61. The lowest BCUT2D eigenvalue weighted by Crippen LogP contribution is -2.29. The molecule has 0 radical (unpaired) electrons. The minimum absolute atomic E-state index is 0.312. The van der Waals surface area contributed by atoms with Gasteiger partial charge in [0.05, 0.1) is 0 Å². The molecule has 0 spiro atoms. The fraction of sp³-hybridized carbons (Fsp3) is 0.118. The maximum Gasteiger partial charge on any atom is 0.0476 e. The van der Waals surface area contributed by atoms with E-state index < -0.39 is 0 Å². The molecule has 182 valence electrons. The molecule has 3 heteroatoms. The topological polar surface area (TPSA) is 27.8 Å². The van der Waals surface area contributed by atoms with E-state index in [4.69, 9.17) is 0 Å². The highest BCUT2D eigenvalue weighted by Crippen LogP contribution is 2.55. The average molecular weight is 499 g/mol. The number of anilines is 2. The third kappa shape index (κ3) is 3.73. The number of benzene rings is 4. The summed E-state index contributed by atoms with van der Waals surface area (Å²) in [7, 11) is 0. The van der Waals surface area contributed by atoms with Crippen LogP contribution in [0.15, 0.2) is 107 Å². The minimum Gasteiger partial charge on any atom is -0.355 e. The molecule has 0 saturated heterocycles. The van der Waals surface area contributed by atoms with Crippen molar-refractivity contribution in [3.8, 4) is 0 Å². The summed E-state index contributed by atoms with van der Waals surface area (Å²) in [5.41, 5.74) is 10.5. The van der Waals surface area contributed by atoms with E-state index in [1.807, 2.05) is 17.8 Å². The predicted molar refractivity (Wildman–Crippen MR) is 160 cm³/mol. The summed E-state index contributed by atoms with van der Waals surface area (Å²) in [6, 6.07) is 30.7. The maximum atomic E-state index is 4.06. The van der Waals surface area contributed by atoms with Gasteiger partial charge >= 0.3 is 0 Å². The second-order valence-electron chi connectivity index (χ2n) is 9.77. The van der Waals surface area contributed by atoms with Crippen molar-refractivity contribution in [1.29, 1.82) is 0 Å². The molecule has 0 saturated carbocycles. The van der Waals surface area contributed by atoms with Crippen molar-refractivity contribution in [2.24, 2.45) is 0 Å². The van der Waals surface area contributed by atoms with Gasteiger partial charge in [0.1, 0.15) is 0 Å². The Labute approximate surface area is 223 Å². The first-order valence-electron chi connectivity index (χ1n) is 12.7. The van der Waals surface area contributed by atoms with Gasteiger partial charge in [-0.3, -0.25) is 0 Å². The predicted octanol–water partition coefficient (Wildman–Crippen LogP) is 9.71. The number of aromatic amines is 1. The van der Waals surface area contributed by atoms with Crippen LogP contribution in [0, 0.1) is 6.92 Å². The first-order chi connectivity index (χ1) is 18.0. The summed E-state index contributed by atoms with van der Waals surface area (Å²) in [5.74, 6) is 0. The third-order valence-corrected chi connectivity index (χ3v) is 8.77. The van der Waals surface area contributed by atoms with Crippen molar-refractivity contribution in [3.05, 3.63) is 131 Å². The normalized spacial score (nSPS) is 16.5. The second-order valence-corrected chi connectivity index (χ2v) is 10.8. The second kappa shape index (κ2) is 9.17. The molecule has 1 aliphatic rings. The molecule has 5 aromatic rings. The number of hydrogen-bond acceptors (Lipinski definition) is 2. The standard InChI is InChI=1S/C34H30N2S/c1-5-12-25-28(6-2)36-30-19-18-26-33(32(25)30)37-31-20-17-24(35-29-16-11-10-13-22(29)3)21-27(31)34(26,4)23-14-8-7-9-15-23/h5-21,35-36H,2H2,1,3-4H3/b12-5-. The molecule has 0 amide bonds. The van der Waals surface area contributed by atoms with Gasteiger partial charge in [-0.15, -0.1) is 0 Å². The monoisotopic (exact) mass is 498 g/mol. The molecule has 2 nitrogen and oxygen atoms in total. The Hall–Kier alpha value is -3.95. The quantitative estimate of drug-likeness (QED) is 0.252. The molecule has 1 unspecified atom stereocenters. The fourth-order valence-corrected chi connectivity index (χ4v) is 7.03. The first-order valence-corrected chi connectivity index (χ1v) is 13.5. The number of nitrogens with one attached hydrogen (secondary N) is 2. The molecule has 1 aliphatic heterocycles. The van der Waals surface area contributed by atoms with Gasteiger partial charge in [0, 0.05) is 48.7 Å². The fourth-order valence-electron chi connectivity index (χ4n) is 5.60. The van der Waals surface area contributed by atoms with Crippen LogP contribution in [-0.2, 0) is 5.41 Å². The van der Waals surface area contributed by atoms with Crippen LogP contribution in [0.25, 0.3) is 23.1 Å². The van der Waals surface area contributed by atoms with Crippen LogP contribution in [0.5, 0.6) is 0 Å². The number of allylic oxidation sites excluding steroid dienone is 1. The van der Waals surface area contributed by atoms with E-state index in [1.54, 1.807) is 0 Å². The molecule has 4 aromatic carbocycles. The molecule has 1 atom stereocenters. The van der Waals surface area contributed by atoms with E-state index in [0.717, 1.165) is 22.6 Å². The SMILES string of the molecule is C=Cc1[nH]c2ccc3c(c2c1/C=C\C)Sc1ccc(Nc2ccccc2C)cc1C3(C)c1ccccc1. The Bertz CT molecular complexity index is 1680. The zero-order valence-electron chi connectivity index (χ0n) is 21.4. The highest BCUT2D eigenvalue weighted by atomic mass is 32.2. The molecule has 1 aromatic heterocycles. The van der Waals surface area contributed by atoms with Crippen molar-refractivity contribution in [2.75, 3.05) is 5.32 Å². The summed E-state index contributed by atoms with van der Waals surface area (Å²) >= 11 is 1.87. The van der Waals surface area contributed by atoms with Crippen molar-refractivity contribution < 1.29 is 0 Å². The Morgan fingerprint density at radius 3 is 2.46 bits per heavy atom. The van der Waals surface area contributed by atoms with E-state index in [9.17, 15) is 0 Å². The number of hydrogen-bond donors (Lipinski definition) is 2. The van der Waals surface area contributed by atoms with Crippen LogP contribution < -0.4 is 5.32 Å². The van der Waals surface area contributed by atoms with Gasteiger partial charge in [-0.25, -0.2) is 0 Å². The number of aromatic nitrogens is 1. The van der Waals surface area contributed by atoms with Gasteiger partial charge in [-0.1, -0.05) is 85.1 Å². The largest absolute Gasteiger partial charge is 0.355 e. The first kappa shape index (κ1) is 23.4. The van der Waals surface area contributed by atoms with E-state index in [-0.39, 0.29) is 5.41 Å². The average Bonchev–Trinajstić information content (AvgIpc) is 3.29. The molecule has 0 aliphatic carbocycles. The zero-order chi connectivity index (χ0) is 25.6. The van der Waals surface area contributed by atoms with Crippen LogP contribution in [-0.4, -0.2) is 4.98 Å². The van der Waals surface area contributed by atoms with Crippen molar-refractivity contribution in [2.45, 2.75) is 36.0 Å². The number of H-pyrrole nitrogens is 1. The Morgan fingerprint density at radius 2 is 1.70 bits per heavy atom. The number of rotatable bonds is 5. The van der Waals surface area contributed by atoms with E-state index in [0.29, 0.717) is 0 Å². The molecular formula is C34H30N2S. The van der Waals surface area contributed by atoms with Crippen LogP contribution in [0.4, 0.5) is 11.4 Å². The molecular weight excluding hydrogens is 468 g/mol. The van der Waals surface area contributed by atoms with E-state index in [2.05, 4.69) is 135 Å². The van der Waals surface area contributed by atoms with Crippen molar-refractivity contribution in [1.82, 2.24) is 4.98 Å². The van der Waals surface area contributed by atoms with Crippen LogP contribution in [0.2, 0.25) is 0 Å². The summed E-state index contributed by atoms with van der Waals surface area (Å²) in [5, 5.41) is 4.94. The molecule has 2 heterocycles. The number of para-hydroxylation sites is 1. The third-order valence-electron chi connectivity index (χ3n) is 7.57. The van der Waals surface area contributed by atoms with Gasteiger partial charge in [-0.05, 0) is 79.4 Å². The van der Waals surface area contributed by atoms with Crippen LogP contribution >= 0.6 is 11.8 Å². The van der Waals surface area contributed by atoms with Crippen molar-refractivity contribution in [3.63, 3.8) is 0 Å². The van der Waals surface area contributed by atoms with Gasteiger partial charge in [0.2, 0.25) is 0 Å². The van der Waals surface area contributed by atoms with Crippen LogP contribution in [0.1, 0.15) is 47.4 Å². The summed E-state index contributed by atoms with van der Waals surface area (Å²) in [6.45, 7) is 10.7. The highest BCUT2D eigenvalue weighted by Gasteiger charge is 2.40. The summed E-state index contributed by atoms with van der Waals surface area (Å²) in [4.78, 5) is 6.19. The van der Waals surface area contributed by atoms with Gasteiger partial charge in [-0.2, -0.15) is 0 Å². The lowest BCUT2D eigenvalue weighted by atomic mass is 9.70. The van der Waals surface area contributed by atoms with E-state index >= 15 is 0 Å². The lowest BCUT2D eigenvalue weighted by molar-refractivity contribution is 0.658. The zero-order valence-corrected chi connectivity index (χ0v) is 22.2. The molecule has 0 bridgehead atoms. The Morgan fingerprint density at radius 1 is 0.919 bits per heavy atom. The van der Waals surface area contributed by atoms with Crippen LogP contribution in [0.3, 0.4) is 0 Å². The highest BCUT2D eigenvalue weighted by molar-refractivity contribution is 7.99. The molecule has 37 heavy (non-hydrogen) atoms. The summed E-state index contributed by atoms with van der Waals surface area (Å²) < 4.78 is 0. The minimum atomic E-state index is -0.312. The van der Waals surface area contributed by atoms with Crippen molar-refractivity contribution >= 4 is 46.2 Å². The molecule has 6 rings (SSSR count). The van der Waals surface area contributed by atoms with Gasteiger partial charge in [0.15, 0.2) is 0 Å². The maximum absolute atomic E-state index is 4.06. The number of aryl methyl sites for hydroxylation is 1.